The van der Waals surface area contributed by atoms with Gasteiger partial charge in [0.05, 0.1) is 18.8 Å². The first-order valence-corrected chi connectivity index (χ1v) is 4.67. The second-order valence-electron chi connectivity index (χ2n) is 2.97. The Morgan fingerprint density at radius 3 is 3.00 bits per heavy atom. The fraction of sp³-hybridized carbons (Fsp3) is 0.500. The zero-order valence-corrected chi connectivity index (χ0v) is 8.23. The first kappa shape index (κ1) is 10.8. The van der Waals surface area contributed by atoms with Gasteiger partial charge >= 0.3 is 5.97 Å². The van der Waals surface area contributed by atoms with E-state index in [4.69, 9.17) is 14.9 Å². The molecule has 0 aliphatic carbocycles. The lowest BCUT2D eigenvalue weighted by Crippen LogP contribution is -2.27. The molecule has 78 valence electrons. The van der Waals surface area contributed by atoms with Gasteiger partial charge in [0, 0.05) is 13.0 Å². The Kier molecular flexibility index (Phi) is 4.19. The van der Waals surface area contributed by atoms with Crippen molar-refractivity contribution in [2.24, 2.45) is 11.7 Å². The normalized spacial score (nSPS) is 12.4. The van der Waals surface area contributed by atoms with Crippen molar-refractivity contribution in [1.82, 2.24) is 0 Å². The molecule has 0 amide bonds. The van der Waals surface area contributed by atoms with E-state index in [0.29, 0.717) is 13.0 Å². The van der Waals surface area contributed by atoms with Crippen LogP contribution >= 0.6 is 0 Å². The van der Waals surface area contributed by atoms with Gasteiger partial charge in [-0.05, 0) is 19.1 Å². The van der Waals surface area contributed by atoms with E-state index in [1.807, 2.05) is 6.07 Å². The molecule has 2 N–H and O–H groups in total. The van der Waals surface area contributed by atoms with Crippen molar-refractivity contribution < 1.29 is 13.9 Å². The Morgan fingerprint density at radius 1 is 1.71 bits per heavy atom. The molecule has 0 aliphatic rings. The summed E-state index contributed by atoms with van der Waals surface area (Å²) < 4.78 is 10.0. The quantitative estimate of drug-likeness (QED) is 0.714. The minimum atomic E-state index is -0.305. The number of furan rings is 1. The summed E-state index contributed by atoms with van der Waals surface area (Å²) >= 11 is 0. The van der Waals surface area contributed by atoms with Gasteiger partial charge < -0.3 is 14.9 Å². The molecule has 4 heteroatoms. The Hall–Kier alpha value is -1.29. The maximum Gasteiger partial charge on any atom is 0.310 e. The highest BCUT2D eigenvalue weighted by Gasteiger charge is 2.19. The van der Waals surface area contributed by atoms with Crippen LogP contribution in [0.4, 0.5) is 0 Å². The SMILES string of the molecule is CCOC(=O)[C@H](CN)Cc1ccco1. The molecule has 0 fully saturated rings. The second-order valence-corrected chi connectivity index (χ2v) is 2.97. The highest BCUT2D eigenvalue weighted by atomic mass is 16.5. The number of rotatable bonds is 5. The predicted octanol–water partition coefficient (Wildman–Crippen LogP) is 0.960. The van der Waals surface area contributed by atoms with Gasteiger partial charge in [0.15, 0.2) is 0 Å². The fourth-order valence-electron chi connectivity index (χ4n) is 1.19. The third-order valence-corrected chi connectivity index (χ3v) is 1.93. The Bertz CT molecular complexity index is 269. The van der Waals surface area contributed by atoms with Gasteiger partial charge in [0.2, 0.25) is 0 Å². The molecule has 1 aromatic heterocycles. The summed E-state index contributed by atoms with van der Waals surface area (Å²) in [5, 5.41) is 0. The van der Waals surface area contributed by atoms with Crippen LogP contribution in [0.2, 0.25) is 0 Å². The lowest BCUT2D eigenvalue weighted by atomic mass is 10.0. The highest BCUT2D eigenvalue weighted by Crippen LogP contribution is 2.10. The maximum absolute atomic E-state index is 11.4. The molecule has 4 nitrogen and oxygen atoms in total. The minimum absolute atomic E-state index is 0.258. The molecule has 0 aromatic carbocycles. The van der Waals surface area contributed by atoms with E-state index in [1.54, 1.807) is 19.3 Å². The Morgan fingerprint density at radius 2 is 2.50 bits per heavy atom. The molecule has 0 saturated carbocycles. The number of esters is 1. The smallest absolute Gasteiger partial charge is 0.310 e. The van der Waals surface area contributed by atoms with Crippen molar-refractivity contribution >= 4 is 5.97 Å². The van der Waals surface area contributed by atoms with Crippen LogP contribution in [0.25, 0.3) is 0 Å². The third kappa shape index (κ3) is 2.88. The summed E-state index contributed by atoms with van der Waals surface area (Å²) in [6.45, 7) is 2.44. The van der Waals surface area contributed by atoms with Crippen LogP contribution in [0.1, 0.15) is 12.7 Å². The van der Waals surface area contributed by atoms with Crippen LogP contribution in [0.5, 0.6) is 0 Å². The van der Waals surface area contributed by atoms with E-state index in [0.717, 1.165) is 5.76 Å². The third-order valence-electron chi connectivity index (χ3n) is 1.93. The zero-order valence-electron chi connectivity index (χ0n) is 8.23. The molecule has 14 heavy (non-hydrogen) atoms. The Balaban J connectivity index is 2.50. The van der Waals surface area contributed by atoms with Gasteiger partial charge in [0.25, 0.3) is 0 Å². The van der Waals surface area contributed by atoms with Gasteiger partial charge in [-0.15, -0.1) is 0 Å². The van der Waals surface area contributed by atoms with Crippen LogP contribution in [-0.2, 0) is 16.0 Å². The van der Waals surface area contributed by atoms with Crippen LogP contribution < -0.4 is 5.73 Å². The van der Waals surface area contributed by atoms with Gasteiger partial charge in [-0.2, -0.15) is 0 Å². The summed E-state index contributed by atoms with van der Waals surface area (Å²) in [6, 6.07) is 3.61. The minimum Gasteiger partial charge on any atom is -0.469 e. The van der Waals surface area contributed by atoms with Crippen molar-refractivity contribution in [3.8, 4) is 0 Å². The summed E-state index contributed by atoms with van der Waals surface area (Å²) in [6.07, 6.45) is 2.08. The monoisotopic (exact) mass is 197 g/mol. The van der Waals surface area contributed by atoms with E-state index >= 15 is 0 Å². The van der Waals surface area contributed by atoms with Crippen molar-refractivity contribution in [3.05, 3.63) is 24.2 Å². The molecule has 0 spiro atoms. The zero-order chi connectivity index (χ0) is 10.4. The molecule has 1 heterocycles. The molecule has 1 atom stereocenters. The average Bonchev–Trinajstić information content (AvgIpc) is 2.66. The highest BCUT2D eigenvalue weighted by molar-refractivity contribution is 5.72. The number of carbonyl (C=O) groups excluding carboxylic acids is 1. The molecule has 0 aliphatic heterocycles. The summed E-state index contributed by atoms with van der Waals surface area (Å²) in [7, 11) is 0. The number of hydrogen-bond donors (Lipinski definition) is 1. The molecule has 0 unspecified atom stereocenters. The molecule has 1 aromatic rings. The topological polar surface area (TPSA) is 65.5 Å². The predicted molar refractivity (Wildman–Crippen MR) is 51.6 cm³/mol. The van der Waals surface area contributed by atoms with Gasteiger partial charge in [0.1, 0.15) is 5.76 Å². The van der Waals surface area contributed by atoms with Crippen LogP contribution in [-0.4, -0.2) is 19.1 Å². The molecule has 1 rings (SSSR count). The van der Waals surface area contributed by atoms with E-state index in [2.05, 4.69) is 0 Å². The molecular formula is C10H15NO3. The van der Waals surface area contributed by atoms with Crippen LogP contribution in [0.3, 0.4) is 0 Å². The largest absolute Gasteiger partial charge is 0.469 e. The number of nitrogens with two attached hydrogens (primary N) is 1. The lowest BCUT2D eigenvalue weighted by molar-refractivity contribution is -0.147. The van der Waals surface area contributed by atoms with Crippen molar-refractivity contribution in [2.45, 2.75) is 13.3 Å². The van der Waals surface area contributed by atoms with E-state index in [1.165, 1.54) is 0 Å². The van der Waals surface area contributed by atoms with Gasteiger partial charge in [-0.3, -0.25) is 4.79 Å². The van der Waals surface area contributed by atoms with E-state index in [9.17, 15) is 4.79 Å². The second kappa shape index (κ2) is 5.44. The fourth-order valence-corrected chi connectivity index (χ4v) is 1.19. The summed E-state index contributed by atoms with van der Waals surface area (Å²) in [4.78, 5) is 11.4. The van der Waals surface area contributed by atoms with Gasteiger partial charge in [-0.1, -0.05) is 0 Å². The van der Waals surface area contributed by atoms with Crippen molar-refractivity contribution in [1.29, 1.82) is 0 Å². The van der Waals surface area contributed by atoms with Crippen LogP contribution in [0.15, 0.2) is 22.8 Å². The van der Waals surface area contributed by atoms with Gasteiger partial charge in [-0.25, -0.2) is 0 Å². The average molecular weight is 197 g/mol. The number of hydrogen-bond acceptors (Lipinski definition) is 4. The summed E-state index contributed by atoms with van der Waals surface area (Å²) in [5.74, 6) is 0.195. The molecule has 0 bridgehead atoms. The lowest BCUT2D eigenvalue weighted by Gasteiger charge is -2.11. The number of carbonyl (C=O) groups is 1. The Labute approximate surface area is 83.0 Å². The molecule has 0 saturated heterocycles. The van der Waals surface area contributed by atoms with Crippen molar-refractivity contribution in [2.75, 3.05) is 13.2 Å². The standard InChI is InChI=1S/C10H15NO3/c1-2-13-10(12)8(7-11)6-9-4-3-5-14-9/h3-5,8H,2,6-7,11H2,1H3/t8-/m0/s1. The molecular weight excluding hydrogens is 182 g/mol. The first-order valence-electron chi connectivity index (χ1n) is 4.67. The van der Waals surface area contributed by atoms with E-state index < -0.39 is 0 Å². The first-order chi connectivity index (χ1) is 6.77. The number of ether oxygens (including phenoxy) is 1. The molecule has 0 radical (unpaired) electrons. The van der Waals surface area contributed by atoms with Crippen molar-refractivity contribution in [3.63, 3.8) is 0 Å². The van der Waals surface area contributed by atoms with Crippen LogP contribution in [0, 0.1) is 5.92 Å². The maximum atomic E-state index is 11.4. The van der Waals surface area contributed by atoms with E-state index in [-0.39, 0.29) is 18.4 Å². The summed E-state index contributed by atoms with van der Waals surface area (Å²) in [5.41, 5.74) is 5.48.